The minimum absolute atomic E-state index is 0. The van der Waals surface area contributed by atoms with Gasteiger partial charge in [0.15, 0.2) is 11.6 Å². The smallest absolute Gasteiger partial charge is 0.227 e. The number of hydrogen-bond donors (Lipinski definition) is 1. The Kier molecular flexibility index (Phi) is 4.42. The second-order valence-electron chi connectivity index (χ2n) is 3.91. The van der Waals surface area contributed by atoms with Crippen molar-refractivity contribution >= 4 is 24.0 Å². The molecule has 1 unspecified atom stereocenters. The molecule has 1 aromatic rings. The quantitative estimate of drug-likeness (QED) is 0.882. The summed E-state index contributed by atoms with van der Waals surface area (Å²) in [7, 11) is 0. The molecule has 1 amide bonds. The maximum absolute atomic E-state index is 13.0. The van der Waals surface area contributed by atoms with E-state index in [0.717, 1.165) is 12.1 Å². The van der Waals surface area contributed by atoms with Crippen LogP contribution in [-0.2, 0) is 4.79 Å². The summed E-state index contributed by atoms with van der Waals surface area (Å²) in [4.78, 5) is 13.0. The van der Waals surface area contributed by atoms with Crippen LogP contribution in [0.5, 0.6) is 0 Å². The van der Waals surface area contributed by atoms with Gasteiger partial charge in [-0.15, -0.1) is 12.4 Å². The molecular formula is C11H13ClF2N2O. The molecule has 1 saturated heterocycles. The lowest BCUT2D eigenvalue weighted by atomic mass is 10.1. The Bertz CT molecular complexity index is 428. The fraction of sp³-hybridized carbons (Fsp3) is 0.364. The minimum atomic E-state index is -0.943. The van der Waals surface area contributed by atoms with Crippen LogP contribution in [0.3, 0.4) is 0 Å². The number of nitrogens with two attached hydrogens (primary N) is 1. The van der Waals surface area contributed by atoms with Gasteiger partial charge in [-0.3, -0.25) is 4.79 Å². The summed E-state index contributed by atoms with van der Waals surface area (Å²) in [6.07, 6.45) is 0.371. The third-order valence-corrected chi connectivity index (χ3v) is 2.75. The van der Waals surface area contributed by atoms with Gasteiger partial charge >= 0.3 is 0 Å². The van der Waals surface area contributed by atoms with E-state index in [1.165, 1.54) is 11.0 Å². The van der Waals surface area contributed by atoms with E-state index < -0.39 is 11.6 Å². The lowest BCUT2D eigenvalue weighted by Crippen LogP contribution is -2.25. The molecule has 3 nitrogen and oxygen atoms in total. The predicted molar refractivity (Wildman–Crippen MR) is 63.1 cm³/mol. The van der Waals surface area contributed by atoms with Gasteiger partial charge in [-0.05, 0) is 24.6 Å². The maximum Gasteiger partial charge on any atom is 0.227 e. The van der Waals surface area contributed by atoms with Crippen LogP contribution in [0.15, 0.2) is 18.2 Å². The van der Waals surface area contributed by atoms with Crippen molar-refractivity contribution in [2.24, 2.45) is 11.7 Å². The summed E-state index contributed by atoms with van der Waals surface area (Å²) in [5.74, 6) is -1.85. The first-order valence-corrected chi connectivity index (χ1v) is 5.07. The monoisotopic (exact) mass is 262 g/mol. The Balaban J connectivity index is 0.00000144. The maximum atomic E-state index is 13.0. The zero-order valence-corrected chi connectivity index (χ0v) is 9.84. The average molecular weight is 263 g/mol. The molecule has 1 atom stereocenters. The van der Waals surface area contributed by atoms with Crippen molar-refractivity contribution in [3.05, 3.63) is 29.8 Å². The molecule has 6 heteroatoms. The van der Waals surface area contributed by atoms with E-state index in [1.807, 2.05) is 0 Å². The number of anilines is 1. The zero-order valence-electron chi connectivity index (χ0n) is 9.03. The van der Waals surface area contributed by atoms with Crippen LogP contribution in [0.1, 0.15) is 6.42 Å². The molecule has 0 radical (unpaired) electrons. The van der Waals surface area contributed by atoms with Crippen LogP contribution in [0.4, 0.5) is 14.5 Å². The number of nitrogens with zero attached hydrogens (tertiary/aromatic N) is 1. The summed E-state index contributed by atoms with van der Waals surface area (Å²) < 4.78 is 25.7. The first kappa shape index (κ1) is 13.9. The Morgan fingerprint density at radius 1 is 1.35 bits per heavy atom. The van der Waals surface area contributed by atoms with Gasteiger partial charge in [-0.25, -0.2) is 8.78 Å². The summed E-state index contributed by atoms with van der Waals surface area (Å²) in [6.45, 7) is 0.895. The second-order valence-corrected chi connectivity index (χ2v) is 3.91. The Hall–Kier alpha value is -1.20. The van der Waals surface area contributed by atoms with Gasteiger partial charge in [0.2, 0.25) is 5.91 Å². The van der Waals surface area contributed by atoms with Gasteiger partial charge in [0.25, 0.3) is 0 Å². The van der Waals surface area contributed by atoms with Crippen molar-refractivity contribution in [1.82, 2.24) is 0 Å². The van der Waals surface area contributed by atoms with Crippen LogP contribution in [0.25, 0.3) is 0 Å². The van der Waals surface area contributed by atoms with Crippen LogP contribution in [0, 0.1) is 17.6 Å². The first-order chi connectivity index (χ1) is 7.61. The van der Waals surface area contributed by atoms with Gasteiger partial charge < -0.3 is 10.6 Å². The molecule has 0 saturated carbocycles. The van der Waals surface area contributed by atoms with Gasteiger partial charge in [0, 0.05) is 24.7 Å². The molecule has 2 N–H and O–H groups in total. The second kappa shape index (κ2) is 5.42. The molecule has 0 aromatic heterocycles. The van der Waals surface area contributed by atoms with Gasteiger partial charge in [0.1, 0.15) is 0 Å². The molecule has 1 fully saturated rings. The van der Waals surface area contributed by atoms with Crippen molar-refractivity contribution < 1.29 is 13.6 Å². The van der Waals surface area contributed by atoms with E-state index >= 15 is 0 Å². The first-order valence-electron chi connectivity index (χ1n) is 5.07. The molecule has 2 rings (SSSR count). The highest BCUT2D eigenvalue weighted by Gasteiger charge is 2.29. The van der Waals surface area contributed by atoms with Crippen LogP contribution < -0.4 is 10.6 Å². The molecule has 0 spiro atoms. The molecule has 1 heterocycles. The van der Waals surface area contributed by atoms with Crippen LogP contribution >= 0.6 is 12.4 Å². The topological polar surface area (TPSA) is 46.3 Å². The van der Waals surface area contributed by atoms with Crippen molar-refractivity contribution in [1.29, 1.82) is 0 Å². The fourth-order valence-electron chi connectivity index (χ4n) is 1.84. The van der Waals surface area contributed by atoms with Gasteiger partial charge in [-0.2, -0.15) is 0 Å². The van der Waals surface area contributed by atoms with E-state index in [4.69, 9.17) is 5.73 Å². The SMILES string of the molecule is Cl.NCC1CC(=O)N(c2ccc(F)c(F)c2)C1. The lowest BCUT2D eigenvalue weighted by molar-refractivity contribution is -0.117. The van der Waals surface area contributed by atoms with Crippen molar-refractivity contribution in [3.8, 4) is 0 Å². The van der Waals surface area contributed by atoms with E-state index in [9.17, 15) is 13.6 Å². The van der Waals surface area contributed by atoms with Gasteiger partial charge in [0.05, 0.1) is 0 Å². The molecule has 1 aliphatic heterocycles. The summed E-state index contributed by atoms with van der Waals surface area (Å²) in [6, 6.07) is 3.45. The van der Waals surface area contributed by atoms with Crippen molar-refractivity contribution in [3.63, 3.8) is 0 Å². The number of halogens is 3. The lowest BCUT2D eigenvalue weighted by Gasteiger charge is -2.16. The third kappa shape index (κ3) is 2.73. The molecule has 0 bridgehead atoms. The Morgan fingerprint density at radius 3 is 2.59 bits per heavy atom. The van der Waals surface area contributed by atoms with Crippen LogP contribution in [0.2, 0.25) is 0 Å². The Morgan fingerprint density at radius 2 is 2.06 bits per heavy atom. The highest BCUT2D eigenvalue weighted by atomic mass is 35.5. The van der Waals surface area contributed by atoms with Crippen molar-refractivity contribution in [2.45, 2.75) is 6.42 Å². The highest BCUT2D eigenvalue weighted by Crippen LogP contribution is 2.25. The zero-order chi connectivity index (χ0) is 11.7. The summed E-state index contributed by atoms with van der Waals surface area (Å²) >= 11 is 0. The molecule has 1 aromatic carbocycles. The molecular weight excluding hydrogens is 250 g/mol. The standard InChI is InChI=1S/C11H12F2N2O.ClH/c12-9-2-1-8(4-10(9)13)15-6-7(5-14)3-11(15)16;/h1-2,4,7H,3,5-6,14H2;1H. The predicted octanol–water partition coefficient (Wildman–Crippen LogP) is 1.70. The Labute approximate surface area is 104 Å². The largest absolute Gasteiger partial charge is 0.330 e. The third-order valence-electron chi connectivity index (χ3n) is 2.75. The normalized spacial score (nSPS) is 19.4. The molecule has 17 heavy (non-hydrogen) atoms. The summed E-state index contributed by atoms with van der Waals surface area (Å²) in [5.41, 5.74) is 5.87. The summed E-state index contributed by atoms with van der Waals surface area (Å²) in [5, 5.41) is 0. The fourth-order valence-corrected chi connectivity index (χ4v) is 1.84. The van der Waals surface area contributed by atoms with Crippen LogP contribution in [-0.4, -0.2) is 19.0 Å². The van der Waals surface area contributed by atoms with E-state index in [0.29, 0.717) is 25.2 Å². The number of rotatable bonds is 2. The van der Waals surface area contributed by atoms with E-state index in [1.54, 1.807) is 0 Å². The number of amides is 1. The molecule has 1 aliphatic rings. The van der Waals surface area contributed by atoms with E-state index in [-0.39, 0.29) is 24.2 Å². The van der Waals surface area contributed by atoms with Crippen molar-refractivity contribution in [2.75, 3.05) is 18.0 Å². The number of benzene rings is 1. The molecule has 0 aliphatic carbocycles. The van der Waals surface area contributed by atoms with Gasteiger partial charge in [-0.1, -0.05) is 0 Å². The average Bonchev–Trinajstić information content (AvgIpc) is 2.64. The molecule has 94 valence electrons. The van der Waals surface area contributed by atoms with E-state index in [2.05, 4.69) is 0 Å². The number of hydrogen-bond acceptors (Lipinski definition) is 2. The number of carbonyl (C=O) groups is 1. The highest BCUT2D eigenvalue weighted by molar-refractivity contribution is 5.95. The number of carbonyl (C=O) groups excluding carboxylic acids is 1. The minimum Gasteiger partial charge on any atom is -0.330 e.